The molecular weight excluding hydrogens is 168 g/mol. The molecule has 0 radical (unpaired) electrons. The van der Waals surface area contributed by atoms with Gasteiger partial charge in [-0.15, -0.1) is 0 Å². The quantitative estimate of drug-likeness (QED) is 0.440. The minimum atomic E-state index is -1.33. The molecule has 1 aromatic rings. The smallest absolute Gasteiger partial charge is 0.413 e. The van der Waals surface area contributed by atoms with Crippen LogP contribution >= 0.6 is 0 Å². The molecule has 1 aromatic heterocycles. The molecule has 0 saturated carbocycles. The molecule has 0 atom stereocenters. The predicted octanol–water partition coefficient (Wildman–Crippen LogP) is 0.408. The molecule has 0 aromatic carbocycles. The molecule has 0 spiro atoms. The van der Waals surface area contributed by atoms with Gasteiger partial charge in [-0.2, -0.15) is 4.98 Å². The first-order chi connectivity index (χ1) is 5.59. The number of amides is 1. The Hall–Kier alpha value is -2.12. The van der Waals surface area contributed by atoms with Crippen LogP contribution in [-0.2, 0) is 0 Å². The predicted molar refractivity (Wildman–Crippen MR) is 36.9 cm³/mol. The Balaban J connectivity index is 2.77. The molecule has 12 heavy (non-hydrogen) atoms. The largest absolute Gasteiger partial charge is 0.465 e. The van der Waals surface area contributed by atoms with Crippen LogP contribution in [0, 0.1) is 10.1 Å². The summed E-state index contributed by atoms with van der Waals surface area (Å²) in [5, 5.41) is 20.1. The molecule has 1 heterocycles. The van der Waals surface area contributed by atoms with E-state index in [2.05, 4.69) is 9.97 Å². The van der Waals surface area contributed by atoms with E-state index >= 15 is 0 Å². The zero-order valence-corrected chi connectivity index (χ0v) is 5.64. The summed E-state index contributed by atoms with van der Waals surface area (Å²) in [6, 6.07) is 0. The van der Waals surface area contributed by atoms with Crippen LogP contribution in [0.1, 0.15) is 0 Å². The van der Waals surface area contributed by atoms with E-state index in [1.54, 1.807) is 0 Å². The van der Waals surface area contributed by atoms with Gasteiger partial charge in [-0.3, -0.25) is 0 Å². The minimum Gasteiger partial charge on any atom is -0.465 e. The van der Waals surface area contributed by atoms with E-state index < -0.39 is 11.0 Å². The number of H-pyrrole nitrogens is 1. The standard InChI is InChI=1S/C4H4N4O4/c9-4(10)7-3-5-1-2(6-3)8(11)12/h1H,(H,9,10)(H2,5,6,7). The second-order valence-corrected chi connectivity index (χ2v) is 1.80. The van der Waals surface area contributed by atoms with E-state index in [9.17, 15) is 14.9 Å². The van der Waals surface area contributed by atoms with Crippen molar-refractivity contribution < 1.29 is 14.8 Å². The normalized spacial score (nSPS) is 9.33. The van der Waals surface area contributed by atoms with Crippen molar-refractivity contribution >= 4 is 17.9 Å². The van der Waals surface area contributed by atoms with Crippen LogP contribution in [0.15, 0.2) is 6.20 Å². The first-order valence-corrected chi connectivity index (χ1v) is 2.79. The van der Waals surface area contributed by atoms with Gasteiger partial charge in [-0.05, 0) is 4.92 Å². The highest BCUT2D eigenvalue weighted by Crippen LogP contribution is 2.08. The summed E-state index contributed by atoms with van der Waals surface area (Å²) in [7, 11) is 0. The summed E-state index contributed by atoms with van der Waals surface area (Å²) >= 11 is 0. The van der Waals surface area contributed by atoms with Crippen molar-refractivity contribution in [1.82, 2.24) is 9.97 Å². The van der Waals surface area contributed by atoms with Crippen molar-refractivity contribution in [3.05, 3.63) is 16.3 Å². The van der Waals surface area contributed by atoms with Crippen LogP contribution in [0.3, 0.4) is 0 Å². The molecule has 0 aliphatic rings. The lowest BCUT2D eigenvalue weighted by molar-refractivity contribution is -0.389. The lowest BCUT2D eigenvalue weighted by atomic mass is 10.8. The third-order valence-corrected chi connectivity index (χ3v) is 0.984. The first-order valence-electron chi connectivity index (χ1n) is 2.79. The number of nitrogens with one attached hydrogen (secondary N) is 2. The molecule has 0 aliphatic heterocycles. The Labute approximate surface area is 65.4 Å². The Kier molecular flexibility index (Phi) is 1.90. The monoisotopic (exact) mass is 172 g/mol. The molecule has 1 amide bonds. The van der Waals surface area contributed by atoms with E-state index in [0.29, 0.717) is 0 Å². The molecule has 0 saturated heterocycles. The van der Waals surface area contributed by atoms with E-state index in [-0.39, 0.29) is 11.8 Å². The molecule has 8 heteroatoms. The summed E-state index contributed by atoms with van der Waals surface area (Å²) in [6.45, 7) is 0. The van der Waals surface area contributed by atoms with E-state index in [4.69, 9.17) is 5.11 Å². The first kappa shape index (κ1) is 7.98. The topological polar surface area (TPSA) is 121 Å². The van der Waals surface area contributed by atoms with Gasteiger partial charge in [-0.25, -0.2) is 15.1 Å². The summed E-state index contributed by atoms with van der Waals surface area (Å²) in [4.78, 5) is 24.9. The molecule has 3 N–H and O–H groups in total. The van der Waals surface area contributed by atoms with Crippen LogP contribution in [-0.4, -0.2) is 26.1 Å². The van der Waals surface area contributed by atoms with E-state index in [1.807, 2.05) is 5.32 Å². The summed E-state index contributed by atoms with van der Waals surface area (Å²) in [6.07, 6.45) is -0.412. The number of carboxylic acid groups (broad SMARTS) is 1. The molecular formula is C4H4N4O4. The highest BCUT2D eigenvalue weighted by atomic mass is 16.6. The number of carbonyl (C=O) groups is 1. The third kappa shape index (κ3) is 1.68. The van der Waals surface area contributed by atoms with Gasteiger partial charge in [0.2, 0.25) is 0 Å². The zero-order valence-electron chi connectivity index (χ0n) is 5.64. The number of aromatic amines is 1. The van der Waals surface area contributed by atoms with Crippen molar-refractivity contribution in [3.63, 3.8) is 0 Å². The number of nitrogens with zero attached hydrogens (tertiary/aromatic N) is 2. The van der Waals surface area contributed by atoms with Crippen molar-refractivity contribution in [1.29, 1.82) is 0 Å². The Morgan fingerprint density at radius 3 is 2.92 bits per heavy atom. The van der Waals surface area contributed by atoms with Crippen LogP contribution < -0.4 is 5.32 Å². The lowest BCUT2D eigenvalue weighted by Crippen LogP contribution is -2.08. The number of rotatable bonds is 2. The maximum absolute atomic E-state index is 10.1. The van der Waals surface area contributed by atoms with Crippen molar-refractivity contribution in [2.45, 2.75) is 0 Å². The van der Waals surface area contributed by atoms with Gasteiger partial charge in [0.1, 0.15) is 6.20 Å². The highest BCUT2D eigenvalue weighted by Gasteiger charge is 2.10. The van der Waals surface area contributed by atoms with Crippen LogP contribution in [0.4, 0.5) is 16.6 Å². The fourth-order valence-corrected chi connectivity index (χ4v) is 0.569. The zero-order chi connectivity index (χ0) is 9.14. The molecule has 0 fully saturated rings. The third-order valence-electron chi connectivity index (χ3n) is 0.984. The molecule has 0 aliphatic carbocycles. The van der Waals surface area contributed by atoms with Gasteiger partial charge >= 0.3 is 17.9 Å². The molecule has 64 valence electrons. The summed E-state index contributed by atoms with van der Waals surface area (Å²) in [5.41, 5.74) is 0. The summed E-state index contributed by atoms with van der Waals surface area (Å²) < 4.78 is 0. The van der Waals surface area contributed by atoms with Crippen molar-refractivity contribution in [2.24, 2.45) is 0 Å². The van der Waals surface area contributed by atoms with Crippen molar-refractivity contribution in [3.8, 4) is 0 Å². The molecule has 0 unspecified atom stereocenters. The fraction of sp³-hybridized carbons (Fsp3) is 0. The Morgan fingerprint density at radius 1 is 1.83 bits per heavy atom. The Bertz CT molecular complexity index is 319. The highest BCUT2D eigenvalue weighted by molar-refractivity contribution is 5.80. The van der Waals surface area contributed by atoms with Gasteiger partial charge < -0.3 is 15.2 Å². The fourth-order valence-electron chi connectivity index (χ4n) is 0.569. The van der Waals surface area contributed by atoms with Gasteiger partial charge in [0.05, 0.1) is 0 Å². The number of anilines is 1. The van der Waals surface area contributed by atoms with Gasteiger partial charge in [0.15, 0.2) is 0 Å². The lowest BCUT2D eigenvalue weighted by Gasteiger charge is -1.88. The second kappa shape index (κ2) is 2.86. The number of imidazole rings is 1. The molecule has 0 bridgehead atoms. The molecule has 8 nitrogen and oxygen atoms in total. The number of hydrogen-bond donors (Lipinski definition) is 3. The SMILES string of the molecule is O=C(O)Nc1ncc([N+](=O)[O-])[nH]1. The van der Waals surface area contributed by atoms with E-state index in [0.717, 1.165) is 6.20 Å². The van der Waals surface area contributed by atoms with Gasteiger partial charge in [-0.1, -0.05) is 0 Å². The average molecular weight is 172 g/mol. The van der Waals surface area contributed by atoms with Gasteiger partial charge in [0, 0.05) is 0 Å². The van der Waals surface area contributed by atoms with E-state index in [1.165, 1.54) is 0 Å². The summed E-state index contributed by atoms with van der Waals surface area (Å²) in [5.74, 6) is -0.534. The minimum absolute atomic E-state index is 0.172. The molecule has 1 rings (SSSR count). The average Bonchev–Trinajstić information content (AvgIpc) is 2.34. The van der Waals surface area contributed by atoms with Crippen LogP contribution in [0.5, 0.6) is 0 Å². The van der Waals surface area contributed by atoms with Crippen LogP contribution in [0.25, 0.3) is 0 Å². The number of hydrogen-bond acceptors (Lipinski definition) is 4. The van der Waals surface area contributed by atoms with Gasteiger partial charge in [0.25, 0.3) is 0 Å². The maximum atomic E-state index is 10.1. The maximum Gasteiger partial charge on any atom is 0.413 e. The van der Waals surface area contributed by atoms with Crippen LogP contribution in [0.2, 0.25) is 0 Å². The number of aromatic nitrogens is 2. The number of nitro groups is 1. The Morgan fingerprint density at radius 2 is 2.50 bits per heavy atom. The second-order valence-electron chi connectivity index (χ2n) is 1.80. The van der Waals surface area contributed by atoms with Crippen molar-refractivity contribution in [2.75, 3.05) is 5.32 Å².